The first-order valence-corrected chi connectivity index (χ1v) is 23.0. The third-order valence-corrected chi connectivity index (χ3v) is 17.2. The van der Waals surface area contributed by atoms with Crippen LogP contribution in [0.1, 0.15) is 55.4 Å². The Morgan fingerprint density at radius 2 is 1.00 bits per heavy atom. The van der Waals surface area contributed by atoms with Gasteiger partial charge in [-0.1, -0.05) is 6.07 Å². The van der Waals surface area contributed by atoms with Crippen molar-refractivity contribution in [3.8, 4) is 0 Å². The number of anilines is 3. The second kappa shape index (κ2) is 23.5. The topological polar surface area (TPSA) is 261 Å². The van der Waals surface area contributed by atoms with Crippen LogP contribution in [0.25, 0.3) is 0 Å². The van der Waals surface area contributed by atoms with Gasteiger partial charge in [0, 0.05) is 12.3 Å². The molecule has 52 heavy (non-hydrogen) atoms. The quantitative estimate of drug-likeness (QED) is 0.0485. The maximum atomic E-state index is 13.4. The van der Waals surface area contributed by atoms with Crippen LogP contribution in [-0.4, -0.2) is 78.8 Å². The summed E-state index contributed by atoms with van der Waals surface area (Å²) >= 11 is 0. The summed E-state index contributed by atoms with van der Waals surface area (Å²) in [6.45, 7) is 13.3. The SMILES string of the molecule is CCOP(=O)(OCC)C(Nc1cccc(N)n1)P(=O)(OCC)OCC.CCOP(=O)(OCC)C(Nc1ncccc1[N+](=O)[O-])P(=O)(OCC)OCC. The van der Waals surface area contributed by atoms with Gasteiger partial charge in [-0.15, -0.1) is 0 Å². The van der Waals surface area contributed by atoms with Crippen LogP contribution in [0, 0.1) is 10.1 Å². The lowest BCUT2D eigenvalue weighted by Crippen LogP contribution is -2.26. The summed E-state index contributed by atoms with van der Waals surface area (Å²) in [6.07, 6.45) is 1.30. The van der Waals surface area contributed by atoms with Crippen molar-refractivity contribution >= 4 is 53.5 Å². The molecule has 2 aromatic heterocycles. The lowest BCUT2D eigenvalue weighted by atomic mass is 10.4. The number of aromatic nitrogens is 2. The third kappa shape index (κ3) is 13.8. The molecule has 0 saturated carbocycles. The Labute approximate surface area is 304 Å². The number of hydrogen-bond donors (Lipinski definition) is 3. The number of hydrogen-bond acceptors (Lipinski definition) is 19. The van der Waals surface area contributed by atoms with Crippen LogP contribution in [0.3, 0.4) is 0 Å². The highest BCUT2D eigenvalue weighted by Crippen LogP contribution is 2.71. The average Bonchev–Trinajstić information content (AvgIpc) is 3.07. The van der Waals surface area contributed by atoms with Crippen molar-refractivity contribution < 1.29 is 59.4 Å². The zero-order chi connectivity index (χ0) is 39.4. The van der Waals surface area contributed by atoms with Gasteiger partial charge >= 0.3 is 36.1 Å². The van der Waals surface area contributed by atoms with E-state index in [4.69, 9.17) is 41.9 Å². The van der Waals surface area contributed by atoms with E-state index in [0.717, 1.165) is 0 Å². The molecular weight excluding hydrogens is 768 g/mol. The summed E-state index contributed by atoms with van der Waals surface area (Å²) in [5.41, 5.74) is 2.25. The predicted octanol–water partition coefficient (Wildman–Crippen LogP) is 8.11. The zero-order valence-electron chi connectivity index (χ0n) is 30.7. The molecule has 0 aromatic carbocycles. The van der Waals surface area contributed by atoms with Gasteiger partial charge in [0.1, 0.15) is 11.6 Å². The molecule has 0 aliphatic carbocycles. The van der Waals surface area contributed by atoms with Gasteiger partial charge in [0.15, 0.2) is 0 Å². The third-order valence-electron chi connectivity index (χ3n) is 5.97. The van der Waals surface area contributed by atoms with E-state index in [2.05, 4.69) is 20.6 Å². The Bertz CT molecular complexity index is 1470. The van der Waals surface area contributed by atoms with Gasteiger partial charge in [-0.25, -0.2) is 9.97 Å². The minimum absolute atomic E-state index is 0.0159. The fraction of sp³-hybridized carbons (Fsp3) is 0.643. The zero-order valence-corrected chi connectivity index (χ0v) is 34.3. The highest BCUT2D eigenvalue weighted by Gasteiger charge is 2.53. The van der Waals surface area contributed by atoms with Gasteiger partial charge in [0.2, 0.25) is 16.9 Å². The van der Waals surface area contributed by atoms with Gasteiger partial charge in [-0.3, -0.25) is 28.4 Å². The summed E-state index contributed by atoms with van der Waals surface area (Å²) in [6, 6.07) is 7.41. The number of nitrogen functional groups attached to an aromatic ring is 1. The molecule has 2 aromatic rings. The Morgan fingerprint density at radius 1 is 0.635 bits per heavy atom. The fourth-order valence-corrected chi connectivity index (χ4v) is 14.1. The van der Waals surface area contributed by atoms with E-state index in [1.165, 1.54) is 18.3 Å². The highest BCUT2D eigenvalue weighted by molar-refractivity contribution is 7.73. The first-order chi connectivity index (χ1) is 24.6. The summed E-state index contributed by atoms with van der Waals surface area (Å²) in [4.78, 5) is 18.6. The van der Waals surface area contributed by atoms with E-state index in [-0.39, 0.29) is 70.3 Å². The minimum Gasteiger partial charge on any atom is -0.384 e. The van der Waals surface area contributed by atoms with Crippen LogP contribution in [-0.2, 0) is 54.5 Å². The monoisotopic (exact) mass is 820 g/mol. The van der Waals surface area contributed by atoms with E-state index < -0.39 is 52.0 Å². The molecule has 0 radical (unpaired) electrons. The van der Waals surface area contributed by atoms with Crippen molar-refractivity contribution in [2.24, 2.45) is 0 Å². The van der Waals surface area contributed by atoms with Gasteiger partial charge in [-0.2, -0.15) is 0 Å². The molecule has 0 saturated heterocycles. The molecule has 0 spiro atoms. The Hall–Kier alpha value is -2.30. The van der Waals surface area contributed by atoms with E-state index in [1.807, 2.05) is 0 Å². The molecule has 0 unspecified atom stereocenters. The Balaban J connectivity index is 0.000000522. The highest BCUT2D eigenvalue weighted by atomic mass is 31.2. The molecule has 0 aliphatic rings. The summed E-state index contributed by atoms with van der Waals surface area (Å²) in [5, 5.41) is 16.7. The summed E-state index contributed by atoms with van der Waals surface area (Å²) in [7, 11) is -16.0. The van der Waals surface area contributed by atoms with Gasteiger partial charge in [0.25, 0.3) is 0 Å². The molecular formula is C28H52N6O14P4. The number of nitro groups is 1. The average molecular weight is 821 g/mol. The normalized spacial score (nSPS) is 12.4. The summed E-state index contributed by atoms with van der Waals surface area (Å²) in [5.74, 6) is 0.241. The van der Waals surface area contributed by atoms with Crippen LogP contribution in [0.2, 0.25) is 0 Å². The molecule has 24 heteroatoms. The Kier molecular flexibility index (Phi) is 21.5. The number of nitrogens with one attached hydrogen (secondary N) is 2. The van der Waals surface area contributed by atoms with Gasteiger partial charge in [0.05, 0.1) is 57.8 Å². The van der Waals surface area contributed by atoms with Crippen LogP contribution in [0.4, 0.5) is 23.1 Å². The van der Waals surface area contributed by atoms with E-state index in [1.54, 1.807) is 73.6 Å². The van der Waals surface area contributed by atoms with Crippen molar-refractivity contribution in [1.29, 1.82) is 0 Å². The van der Waals surface area contributed by atoms with Crippen molar-refractivity contribution in [1.82, 2.24) is 9.97 Å². The van der Waals surface area contributed by atoms with E-state index in [9.17, 15) is 28.4 Å². The molecule has 0 atom stereocenters. The van der Waals surface area contributed by atoms with Gasteiger partial charge in [-0.05, 0) is 73.6 Å². The van der Waals surface area contributed by atoms with Crippen LogP contribution in [0.5, 0.6) is 0 Å². The summed E-state index contributed by atoms with van der Waals surface area (Å²) < 4.78 is 95.9. The second-order valence-corrected chi connectivity index (χ2v) is 18.9. The number of nitrogens with zero attached hydrogens (tertiary/aromatic N) is 3. The molecule has 0 fully saturated rings. The van der Waals surface area contributed by atoms with Crippen molar-refractivity contribution in [3.05, 3.63) is 46.6 Å². The van der Waals surface area contributed by atoms with Crippen molar-refractivity contribution in [2.75, 3.05) is 69.2 Å². The molecule has 2 rings (SSSR count). The van der Waals surface area contributed by atoms with Crippen LogP contribution in [0.15, 0.2) is 36.5 Å². The van der Waals surface area contributed by atoms with Crippen LogP contribution >= 0.6 is 30.4 Å². The fourth-order valence-electron chi connectivity index (χ4n) is 4.26. The maximum absolute atomic E-state index is 13.4. The van der Waals surface area contributed by atoms with Crippen molar-refractivity contribution in [3.63, 3.8) is 0 Å². The van der Waals surface area contributed by atoms with E-state index >= 15 is 0 Å². The smallest absolute Gasteiger partial charge is 0.365 e. The number of pyridine rings is 2. The van der Waals surface area contributed by atoms with Crippen molar-refractivity contribution in [2.45, 2.75) is 66.4 Å². The molecule has 20 nitrogen and oxygen atoms in total. The largest absolute Gasteiger partial charge is 0.384 e. The molecule has 298 valence electrons. The Morgan fingerprint density at radius 3 is 1.33 bits per heavy atom. The van der Waals surface area contributed by atoms with Crippen LogP contribution < -0.4 is 16.4 Å². The molecule has 0 bridgehead atoms. The molecule has 0 aliphatic heterocycles. The van der Waals surface area contributed by atoms with Gasteiger partial charge < -0.3 is 52.6 Å². The first-order valence-electron chi connectivity index (χ1n) is 16.5. The lowest BCUT2D eigenvalue weighted by Gasteiger charge is -2.31. The lowest BCUT2D eigenvalue weighted by molar-refractivity contribution is -0.384. The standard InChI is InChI=1S/C14H25N3O8P2.C14H27N3O6P2/c1-5-22-26(20,23-6-2)14(27(21,24-7-3)25-8-4)16-13-12(17(18)19)10-9-11-15-13;1-5-20-24(18,21-6-2)14(25(19,22-7-3)23-8-4)17-13-11-9-10-12(15)16-13/h9-11,14H,5-8H2,1-4H3,(H,15,16);9-11,14H,5-8H2,1-4H3,(H3,15,16,17). The maximum Gasteiger partial charge on any atom is 0.365 e. The molecule has 4 N–H and O–H groups in total. The predicted molar refractivity (Wildman–Crippen MR) is 198 cm³/mol. The first kappa shape index (κ1) is 47.7. The minimum atomic E-state index is -4.11. The number of nitrogens with two attached hydrogens (primary N) is 1. The number of rotatable bonds is 25. The second-order valence-electron chi connectivity index (χ2n) is 9.61. The molecule has 0 amide bonds. The van der Waals surface area contributed by atoms with E-state index in [0.29, 0.717) is 0 Å². The molecule has 2 heterocycles.